The van der Waals surface area contributed by atoms with Crippen molar-refractivity contribution >= 4 is 5.82 Å². The maximum Gasteiger partial charge on any atom is 0.186 e. The van der Waals surface area contributed by atoms with E-state index in [9.17, 15) is 4.39 Å². The van der Waals surface area contributed by atoms with E-state index in [0.717, 1.165) is 19.6 Å². The molecule has 0 bridgehead atoms. The van der Waals surface area contributed by atoms with Crippen LogP contribution in [0.4, 0.5) is 10.2 Å². The lowest BCUT2D eigenvalue weighted by atomic mass is 10.0. The van der Waals surface area contributed by atoms with Crippen molar-refractivity contribution < 1.29 is 9.13 Å². The second-order valence-corrected chi connectivity index (χ2v) is 4.18. The number of aryl methyl sites for hydroxylation is 1. The summed E-state index contributed by atoms with van der Waals surface area (Å²) in [7, 11) is 0. The van der Waals surface area contributed by atoms with Crippen LogP contribution in [0.25, 0.3) is 0 Å². The van der Waals surface area contributed by atoms with Gasteiger partial charge in [0.15, 0.2) is 11.6 Å². The van der Waals surface area contributed by atoms with E-state index in [2.05, 4.69) is 15.3 Å². The average molecular weight is 225 g/mol. The predicted molar refractivity (Wildman–Crippen MR) is 58.7 cm³/mol. The van der Waals surface area contributed by atoms with Crippen LogP contribution in [0.15, 0.2) is 6.33 Å². The molecule has 0 aliphatic carbocycles. The molecule has 1 saturated heterocycles. The van der Waals surface area contributed by atoms with E-state index in [4.69, 9.17) is 4.74 Å². The molecule has 2 unspecified atom stereocenters. The number of nitrogens with zero attached hydrogens (tertiary/aromatic N) is 2. The molecule has 16 heavy (non-hydrogen) atoms. The highest BCUT2D eigenvalue weighted by Gasteiger charge is 2.23. The first-order chi connectivity index (χ1) is 7.68. The Balaban J connectivity index is 2.05. The lowest BCUT2D eigenvalue weighted by Gasteiger charge is -2.20. The Morgan fingerprint density at radius 1 is 1.56 bits per heavy atom. The third-order valence-electron chi connectivity index (χ3n) is 3.00. The maximum atomic E-state index is 13.6. The molecule has 1 aliphatic heterocycles. The minimum Gasteiger partial charge on any atom is -0.381 e. The number of anilines is 1. The summed E-state index contributed by atoms with van der Waals surface area (Å²) in [5.41, 5.74) is 0.368. The Kier molecular flexibility index (Phi) is 3.33. The maximum absolute atomic E-state index is 13.6. The monoisotopic (exact) mass is 225 g/mol. The van der Waals surface area contributed by atoms with E-state index < -0.39 is 0 Å². The first kappa shape index (κ1) is 11.3. The lowest BCUT2D eigenvalue weighted by Crippen LogP contribution is -2.27. The molecule has 0 amide bonds. The fourth-order valence-corrected chi connectivity index (χ4v) is 1.84. The summed E-state index contributed by atoms with van der Waals surface area (Å²) in [5.74, 6) is 0.342. The summed E-state index contributed by atoms with van der Waals surface area (Å²) in [5, 5.41) is 3.09. The van der Waals surface area contributed by atoms with Gasteiger partial charge >= 0.3 is 0 Å². The lowest BCUT2D eigenvalue weighted by molar-refractivity contribution is 0.183. The molecular weight excluding hydrogens is 209 g/mol. The normalized spacial score (nSPS) is 22.1. The third-order valence-corrected chi connectivity index (χ3v) is 3.00. The zero-order chi connectivity index (χ0) is 11.5. The molecule has 2 rings (SSSR count). The van der Waals surface area contributed by atoms with Crippen molar-refractivity contribution in [3.8, 4) is 0 Å². The largest absolute Gasteiger partial charge is 0.381 e. The van der Waals surface area contributed by atoms with E-state index in [1.54, 1.807) is 6.92 Å². The van der Waals surface area contributed by atoms with Gasteiger partial charge in [-0.3, -0.25) is 0 Å². The number of hydrogen-bond donors (Lipinski definition) is 1. The minimum atomic E-state index is -0.367. The highest BCUT2D eigenvalue weighted by atomic mass is 19.1. The van der Waals surface area contributed by atoms with Gasteiger partial charge in [-0.1, -0.05) is 0 Å². The molecule has 1 fully saturated rings. The van der Waals surface area contributed by atoms with Gasteiger partial charge < -0.3 is 10.1 Å². The second kappa shape index (κ2) is 4.74. The molecule has 88 valence electrons. The van der Waals surface area contributed by atoms with Crippen LogP contribution in [0.5, 0.6) is 0 Å². The van der Waals surface area contributed by atoms with Gasteiger partial charge in [0.05, 0.1) is 12.3 Å². The van der Waals surface area contributed by atoms with Crippen molar-refractivity contribution in [2.75, 3.05) is 18.5 Å². The fourth-order valence-electron chi connectivity index (χ4n) is 1.84. The molecule has 1 aliphatic rings. The van der Waals surface area contributed by atoms with E-state index in [-0.39, 0.29) is 17.7 Å². The molecule has 2 atom stereocenters. The van der Waals surface area contributed by atoms with Crippen LogP contribution < -0.4 is 5.32 Å². The topological polar surface area (TPSA) is 47.0 Å². The predicted octanol–water partition coefficient (Wildman–Crippen LogP) is 1.76. The van der Waals surface area contributed by atoms with Crippen molar-refractivity contribution in [1.29, 1.82) is 0 Å². The first-order valence-electron chi connectivity index (χ1n) is 5.50. The Bertz CT molecular complexity index is 366. The van der Waals surface area contributed by atoms with Crippen molar-refractivity contribution in [2.45, 2.75) is 26.3 Å². The molecule has 0 spiro atoms. The number of nitrogens with one attached hydrogen (secondary N) is 1. The summed E-state index contributed by atoms with van der Waals surface area (Å²) in [6, 6.07) is 0.159. The Morgan fingerprint density at radius 3 is 3.06 bits per heavy atom. The minimum absolute atomic E-state index is 0.159. The summed E-state index contributed by atoms with van der Waals surface area (Å²) < 4.78 is 18.9. The molecular formula is C11H16FN3O. The fraction of sp³-hybridized carbons (Fsp3) is 0.636. The molecule has 1 aromatic heterocycles. The summed E-state index contributed by atoms with van der Waals surface area (Å²) in [6.45, 7) is 5.18. The van der Waals surface area contributed by atoms with Gasteiger partial charge in [-0.25, -0.2) is 14.4 Å². The zero-order valence-electron chi connectivity index (χ0n) is 9.53. The van der Waals surface area contributed by atoms with Crippen LogP contribution >= 0.6 is 0 Å². The van der Waals surface area contributed by atoms with Crippen LogP contribution in [-0.4, -0.2) is 29.2 Å². The first-order valence-corrected chi connectivity index (χ1v) is 5.50. The van der Waals surface area contributed by atoms with Gasteiger partial charge in [0, 0.05) is 18.6 Å². The third kappa shape index (κ3) is 2.29. The zero-order valence-corrected chi connectivity index (χ0v) is 9.53. The average Bonchev–Trinajstić information content (AvgIpc) is 2.78. The Morgan fingerprint density at radius 2 is 2.38 bits per heavy atom. The standard InChI is InChI=1S/C11H16FN3O/c1-7(9-3-4-16-5-9)15-11-10(12)8(2)13-6-14-11/h6-7,9H,3-5H2,1-2H3,(H,13,14,15). The number of hydrogen-bond acceptors (Lipinski definition) is 4. The van der Waals surface area contributed by atoms with Gasteiger partial charge in [0.25, 0.3) is 0 Å². The molecule has 1 aromatic rings. The number of aromatic nitrogens is 2. The van der Waals surface area contributed by atoms with Crippen molar-refractivity contribution in [2.24, 2.45) is 5.92 Å². The quantitative estimate of drug-likeness (QED) is 0.851. The van der Waals surface area contributed by atoms with Gasteiger partial charge in [0.2, 0.25) is 0 Å². The highest BCUT2D eigenvalue weighted by Crippen LogP contribution is 2.21. The van der Waals surface area contributed by atoms with Crippen LogP contribution in [0, 0.1) is 18.7 Å². The van der Waals surface area contributed by atoms with Crippen LogP contribution in [0.1, 0.15) is 19.0 Å². The van der Waals surface area contributed by atoms with Crippen LogP contribution in [0.3, 0.4) is 0 Å². The van der Waals surface area contributed by atoms with E-state index in [0.29, 0.717) is 11.6 Å². The molecule has 4 nitrogen and oxygen atoms in total. The smallest absolute Gasteiger partial charge is 0.186 e. The summed E-state index contributed by atoms with van der Waals surface area (Å²) in [6.07, 6.45) is 2.39. The Labute approximate surface area is 94.2 Å². The second-order valence-electron chi connectivity index (χ2n) is 4.18. The van der Waals surface area contributed by atoms with Crippen LogP contribution in [-0.2, 0) is 4.74 Å². The number of halogens is 1. The number of ether oxygens (including phenoxy) is 1. The summed E-state index contributed by atoms with van der Waals surface area (Å²) >= 11 is 0. The summed E-state index contributed by atoms with van der Waals surface area (Å²) in [4.78, 5) is 7.71. The molecule has 1 N–H and O–H groups in total. The molecule has 0 saturated carbocycles. The van der Waals surface area contributed by atoms with Gasteiger partial charge in [-0.05, 0) is 20.3 Å². The molecule has 2 heterocycles. The highest BCUT2D eigenvalue weighted by molar-refractivity contribution is 5.37. The van der Waals surface area contributed by atoms with Gasteiger partial charge in [-0.2, -0.15) is 0 Å². The van der Waals surface area contributed by atoms with Crippen LogP contribution in [0.2, 0.25) is 0 Å². The SMILES string of the molecule is Cc1ncnc(NC(C)C2CCOC2)c1F. The Hall–Kier alpha value is -1.23. The molecule has 5 heteroatoms. The molecule has 0 radical (unpaired) electrons. The number of rotatable bonds is 3. The van der Waals surface area contributed by atoms with Crippen molar-refractivity contribution in [1.82, 2.24) is 9.97 Å². The van der Waals surface area contributed by atoms with Gasteiger partial charge in [0.1, 0.15) is 6.33 Å². The van der Waals surface area contributed by atoms with E-state index in [1.807, 2.05) is 6.92 Å². The van der Waals surface area contributed by atoms with Crippen molar-refractivity contribution in [3.05, 3.63) is 17.8 Å². The molecule has 0 aromatic carbocycles. The van der Waals surface area contributed by atoms with Crippen molar-refractivity contribution in [3.63, 3.8) is 0 Å². The van der Waals surface area contributed by atoms with E-state index in [1.165, 1.54) is 6.33 Å². The van der Waals surface area contributed by atoms with Gasteiger partial charge in [-0.15, -0.1) is 0 Å². The van der Waals surface area contributed by atoms with E-state index >= 15 is 0 Å².